The number of halogens is 1. The SMILES string of the molecule is Cn1ncnc1C1COCCN1CC(O)c1cccc(Cl)c1. The lowest BCUT2D eigenvalue weighted by Gasteiger charge is -2.36. The summed E-state index contributed by atoms with van der Waals surface area (Å²) in [6.45, 7) is 2.45. The Morgan fingerprint density at radius 3 is 3.09 bits per heavy atom. The fraction of sp³-hybridized carbons (Fsp3) is 0.467. The molecule has 0 saturated carbocycles. The minimum atomic E-state index is -0.604. The summed E-state index contributed by atoms with van der Waals surface area (Å²) in [5.74, 6) is 0.845. The third-order valence-electron chi connectivity index (χ3n) is 3.92. The smallest absolute Gasteiger partial charge is 0.146 e. The van der Waals surface area contributed by atoms with Crippen molar-refractivity contribution >= 4 is 11.6 Å². The minimum Gasteiger partial charge on any atom is -0.387 e. The maximum Gasteiger partial charge on any atom is 0.146 e. The molecule has 1 aromatic carbocycles. The molecule has 6 nitrogen and oxygen atoms in total. The second kappa shape index (κ2) is 6.75. The molecule has 118 valence electrons. The number of hydrogen-bond donors (Lipinski definition) is 1. The molecule has 0 aliphatic carbocycles. The first-order valence-corrected chi connectivity index (χ1v) is 7.62. The van der Waals surface area contributed by atoms with Crippen LogP contribution in [0.15, 0.2) is 30.6 Å². The minimum absolute atomic E-state index is 0.00455. The van der Waals surface area contributed by atoms with Crippen LogP contribution in [-0.4, -0.2) is 51.1 Å². The normalized spacial score (nSPS) is 21.0. The van der Waals surface area contributed by atoms with Gasteiger partial charge in [-0.2, -0.15) is 5.10 Å². The number of aliphatic hydroxyl groups excluding tert-OH is 1. The molecule has 1 aliphatic rings. The van der Waals surface area contributed by atoms with Crippen LogP contribution in [0, 0.1) is 0 Å². The second-order valence-electron chi connectivity index (χ2n) is 5.40. The Morgan fingerprint density at radius 2 is 2.36 bits per heavy atom. The highest BCUT2D eigenvalue weighted by Gasteiger charge is 2.29. The van der Waals surface area contributed by atoms with Crippen LogP contribution >= 0.6 is 11.6 Å². The lowest BCUT2D eigenvalue weighted by molar-refractivity contribution is -0.0318. The average Bonchev–Trinajstić information content (AvgIpc) is 2.94. The molecule has 0 bridgehead atoms. The summed E-state index contributed by atoms with van der Waals surface area (Å²) in [5, 5.41) is 15.2. The van der Waals surface area contributed by atoms with Gasteiger partial charge in [0, 0.05) is 25.2 Å². The van der Waals surface area contributed by atoms with Gasteiger partial charge in [-0.25, -0.2) is 4.98 Å². The number of aromatic nitrogens is 3. The molecule has 0 spiro atoms. The van der Waals surface area contributed by atoms with E-state index < -0.39 is 6.10 Å². The number of β-amino-alcohol motifs (C(OH)–C–C–N with tert-alkyl or cyclic N) is 1. The molecule has 0 radical (unpaired) electrons. The van der Waals surface area contributed by atoms with Crippen molar-refractivity contribution in [3.8, 4) is 0 Å². The molecule has 2 heterocycles. The fourth-order valence-corrected chi connectivity index (χ4v) is 2.94. The molecule has 1 aliphatic heterocycles. The molecular weight excluding hydrogens is 304 g/mol. The largest absolute Gasteiger partial charge is 0.387 e. The van der Waals surface area contributed by atoms with Crippen LogP contribution in [0.4, 0.5) is 0 Å². The predicted octanol–water partition coefficient (Wildman–Crippen LogP) is 1.58. The third kappa shape index (κ3) is 3.30. The van der Waals surface area contributed by atoms with Crippen LogP contribution in [-0.2, 0) is 11.8 Å². The first kappa shape index (κ1) is 15.4. The Kier molecular flexibility index (Phi) is 4.73. The first-order valence-electron chi connectivity index (χ1n) is 7.24. The van der Waals surface area contributed by atoms with Gasteiger partial charge in [0.05, 0.1) is 25.4 Å². The molecular formula is C15H19ClN4O2. The third-order valence-corrected chi connectivity index (χ3v) is 4.16. The quantitative estimate of drug-likeness (QED) is 0.926. The van der Waals surface area contributed by atoms with E-state index in [1.165, 1.54) is 6.33 Å². The van der Waals surface area contributed by atoms with Gasteiger partial charge in [-0.1, -0.05) is 23.7 Å². The molecule has 2 atom stereocenters. The van der Waals surface area contributed by atoms with Crippen LogP contribution in [0.1, 0.15) is 23.5 Å². The first-order chi connectivity index (χ1) is 10.6. The van der Waals surface area contributed by atoms with Crippen LogP contribution in [0.25, 0.3) is 0 Å². The lowest BCUT2D eigenvalue weighted by atomic mass is 10.1. The molecule has 7 heteroatoms. The van der Waals surface area contributed by atoms with E-state index in [0.29, 0.717) is 24.8 Å². The standard InChI is InChI=1S/C15H19ClN4O2/c1-19-15(17-10-18-19)13-9-22-6-5-20(13)8-14(21)11-3-2-4-12(16)7-11/h2-4,7,10,13-14,21H,5-6,8-9H2,1H3. The lowest BCUT2D eigenvalue weighted by Crippen LogP contribution is -2.42. The van der Waals surface area contributed by atoms with Gasteiger partial charge >= 0.3 is 0 Å². The van der Waals surface area contributed by atoms with Gasteiger partial charge in [-0.05, 0) is 17.7 Å². The molecule has 1 saturated heterocycles. The summed E-state index contributed by atoms with van der Waals surface area (Å²) in [6, 6.07) is 7.32. The maximum atomic E-state index is 10.5. The Hall–Kier alpha value is -1.47. The molecule has 1 aromatic heterocycles. The van der Waals surface area contributed by atoms with E-state index in [2.05, 4.69) is 15.0 Å². The molecule has 1 N–H and O–H groups in total. The van der Waals surface area contributed by atoms with E-state index in [4.69, 9.17) is 16.3 Å². The maximum absolute atomic E-state index is 10.5. The zero-order valence-corrected chi connectivity index (χ0v) is 13.1. The van der Waals surface area contributed by atoms with Crippen molar-refractivity contribution in [2.75, 3.05) is 26.3 Å². The molecule has 0 amide bonds. The second-order valence-corrected chi connectivity index (χ2v) is 5.83. The van der Waals surface area contributed by atoms with Gasteiger partial charge in [0.1, 0.15) is 12.2 Å². The van der Waals surface area contributed by atoms with Crippen molar-refractivity contribution in [2.24, 2.45) is 7.05 Å². The Morgan fingerprint density at radius 1 is 1.50 bits per heavy atom. The number of hydrogen-bond acceptors (Lipinski definition) is 5. The topological polar surface area (TPSA) is 63.4 Å². The highest BCUT2D eigenvalue weighted by molar-refractivity contribution is 6.30. The van der Waals surface area contributed by atoms with E-state index in [1.54, 1.807) is 16.8 Å². The number of rotatable bonds is 4. The number of nitrogens with zero attached hydrogens (tertiary/aromatic N) is 4. The number of morpholine rings is 1. The van der Waals surface area contributed by atoms with E-state index >= 15 is 0 Å². The summed E-state index contributed by atoms with van der Waals surface area (Å²) < 4.78 is 7.32. The van der Waals surface area contributed by atoms with Gasteiger partial charge in [-0.3, -0.25) is 9.58 Å². The number of aryl methyl sites for hydroxylation is 1. The van der Waals surface area contributed by atoms with Crippen LogP contribution < -0.4 is 0 Å². The van der Waals surface area contributed by atoms with E-state index in [-0.39, 0.29) is 6.04 Å². The van der Waals surface area contributed by atoms with Crippen LogP contribution in [0.2, 0.25) is 5.02 Å². The van der Waals surface area contributed by atoms with Crippen molar-refractivity contribution in [1.29, 1.82) is 0 Å². The highest BCUT2D eigenvalue weighted by Crippen LogP contribution is 2.26. The number of ether oxygens (including phenoxy) is 1. The summed E-state index contributed by atoms with van der Waals surface area (Å²) in [7, 11) is 1.86. The molecule has 1 fully saturated rings. The molecule has 3 rings (SSSR count). The van der Waals surface area contributed by atoms with Crippen molar-refractivity contribution in [3.63, 3.8) is 0 Å². The van der Waals surface area contributed by atoms with Crippen molar-refractivity contribution < 1.29 is 9.84 Å². The monoisotopic (exact) mass is 322 g/mol. The predicted molar refractivity (Wildman–Crippen MR) is 82.5 cm³/mol. The molecule has 22 heavy (non-hydrogen) atoms. The zero-order chi connectivity index (χ0) is 15.5. The Labute approximate surface area is 134 Å². The van der Waals surface area contributed by atoms with Crippen molar-refractivity contribution in [1.82, 2.24) is 19.7 Å². The van der Waals surface area contributed by atoms with Gasteiger partial charge < -0.3 is 9.84 Å². The fourth-order valence-electron chi connectivity index (χ4n) is 2.74. The van der Waals surface area contributed by atoms with Gasteiger partial charge in [0.15, 0.2) is 0 Å². The average molecular weight is 323 g/mol. The van der Waals surface area contributed by atoms with E-state index in [1.807, 2.05) is 19.2 Å². The highest BCUT2D eigenvalue weighted by atomic mass is 35.5. The zero-order valence-electron chi connectivity index (χ0n) is 12.4. The molecule has 2 aromatic rings. The van der Waals surface area contributed by atoms with Crippen LogP contribution in [0.5, 0.6) is 0 Å². The van der Waals surface area contributed by atoms with Crippen molar-refractivity contribution in [3.05, 3.63) is 47.0 Å². The van der Waals surface area contributed by atoms with Gasteiger partial charge in [0.25, 0.3) is 0 Å². The van der Waals surface area contributed by atoms with E-state index in [0.717, 1.165) is 17.9 Å². The van der Waals surface area contributed by atoms with Crippen molar-refractivity contribution in [2.45, 2.75) is 12.1 Å². The Balaban J connectivity index is 1.75. The summed E-state index contributed by atoms with van der Waals surface area (Å²) in [4.78, 5) is 6.49. The summed E-state index contributed by atoms with van der Waals surface area (Å²) >= 11 is 6.00. The molecule has 2 unspecified atom stereocenters. The van der Waals surface area contributed by atoms with E-state index in [9.17, 15) is 5.11 Å². The summed E-state index contributed by atoms with van der Waals surface area (Å²) in [6.07, 6.45) is 0.933. The Bertz CT molecular complexity index is 634. The van der Waals surface area contributed by atoms with Crippen LogP contribution in [0.3, 0.4) is 0 Å². The number of benzene rings is 1. The summed E-state index contributed by atoms with van der Waals surface area (Å²) in [5.41, 5.74) is 0.815. The van der Waals surface area contributed by atoms with Gasteiger partial charge in [0.2, 0.25) is 0 Å². The number of aliphatic hydroxyl groups is 1. The van der Waals surface area contributed by atoms with Gasteiger partial charge in [-0.15, -0.1) is 0 Å².